The number of aryl methyl sites for hydroxylation is 1. The van der Waals surface area contributed by atoms with Gasteiger partial charge in [0.2, 0.25) is 0 Å². The van der Waals surface area contributed by atoms with Gasteiger partial charge in [-0.05, 0) is 161 Å². The van der Waals surface area contributed by atoms with E-state index in [9.17, 15) is 2.74 Å². The molecule has 86 heavy (non-hydrogen) atoms. The maximum atomic E-state index is 9.35. The van der Waals surface area contributed by atoms with Crippen molar-refractivity contribution in [2.24, 2.45) is 0 Å². The number of fused-ring (bicyclic) bond motifs is 4. The molecule has 0 aliphatic heterocycles. The number of para-hydroxylation sites is 1. The van der Waals surface area contributed by atoms with Crippen molar-refractivity contribution in [1.82, 2.24) is 14.1 Å². The molecule has 5 nitrogen and oxygen atoms in total. The molecule has 0 aliphatic rings. The highest BCUT2D eigenvalue weighted by molar-refractivity contribution is 6.09. The minimum atomic E-state index is -2.79. The van der Waals surface area contributed by atoms with Crippen molar-refractivity contribution in [3.63, 3.8) is 0 Å². The Hall–Kier alpha value is -8.80. The summed E-state index contributed by atoms with van der Waals surface area (Å²) in [6, 6.07) is 42.0. The first-order valence-corrected chi connectivity index (χ1v) is 29.5. The average molecular weight is 1140 g/mol. The van der Waals surface area contributed by atoms with Gasteiger partial charge in [-0.2, -0.15) is 0 Å². The number of rotatable bonds is 9. The van der Waals surface area contributed by atoms with Crippen LogP contribution in [0.5, 0.6) is 11.5 Å². The lowest BCUT2D eigenvalue weighted by Crippen LogP contribution is -2.35. The number of benzene rings is 9. The van der Waals surface area contributed by atoms with Crippen LogP contribution in [0.15, 0.2) is 206 Å². The highest BCUT2D eigenvalue weighted by Crippen LogP contribution is 2.44. The van der Waals surface area contributed by atoms with Gasteiger partial charge in [-0.3, -0.25) is 13.7 Å². The summed E-state index contributed by atoms with van der Waals surface area (Å²) in [6.45, 7) is 30.2. The lowest BCUT2D eigenvalue weighted by molar-refractivity contribution is -0.572. The van der Waals surface area contributed by atoms with Crippen LogP contribution in [0.4, 0.5) is 0 Å². The van der Waals surface area contributed by atoms with Crippen LogP contribution in [-0.2, 0) is 27.1 Å². The van der Waals surface area contributed by atoms with E-state index in [0.717, 1.165) is 66.4 Å². The molecule has 12 aromatic rings. The molecule has 5 heteroatoms. The molecule has 0 radical (unpaired) electrons. The third kappa shape index (κ3) is 11.1. The Labute approximate surface area is 528 Å². The second-order valence-electron chi connectivity index (χ2n) is 28.0. The molecule has 432 valence electrons. The van der Waals surface area contributed by atoms with Gasteiger partial charge in [-0.15, -0.1) is 0 Å². The first-order valence-electron chi connectivity index (χ1n) is 36.0. The first-order chi connectivity index (χ1) is 46.0. The predicted molar refractivity (Wildman–Crippen MR) is 362 cm³/mol. The van der Waals surface area contributed by atoms with Crippen molar-refractivity contribution in [1.29, 1.82) is 0 Å². The highest BCUT2D eigenvalue weighted by Gasteiger charge is 2.30. The minimum absolute atomic E-state index is 0.0972. The van der Waals surface area contributed by atoms with Crippen LogP contribution in [0.3, 0.4) is 0 Å². The van der Waals surface area contributed by atoms with E-state index in [4.69, 9.17) is 24.8 Å². The van der Waals surface area contributed by atoms with Crippen LogP contribution in [0.2, 0.25) is 0 Å². The van der Waals surface area contributed by atoms with Crippen molar-refractivity contribution in [2.75, 3.05) is 0 Å². The van der Waals surface area contributed by atoms with E-state index in [-0.39, 0.29) is 61.8 Å². The van der Waals surface area contributed by atoms with E-state index < -0.39 is 60.6 Å². The van der Waals surface area contributed by atoms with Crippen LogP contribution < -0.4 is 9.30 Å². The molecule has 3 aromatic heterocycles. The summed E-state index contributed by atoms with van der Waals surface area (Å²) < 4.78 is 127. The number of hydrogen-bond acceptors (Lipinski definition) is 2. The molecule has 0 saturated carbocycles. The SMILES string of the molecule is [2H]c1c([2H])c([2H])c(-c2cc(-c3cc(C(C)(C)C)cc(C(C)(C)C)c3)c(-[n+]3[c-]n(-c4cccc(Oc5ccc6c7ccccc7n(-c7cc(C([2H])([2H])[2H])c(-c8c([2H])c([2H])c([2H])c([2H])c8[2H])cn7)c6c5)c4)c4cc(-c5cc(C(C)(C)C)cc(C(C)(C)C)c5)ccc43)c(C(C)(C)C)c2)c([2H])c1[2H]. The van der Waals surface area contributed by atoms with Crippen LogP contribution in [-0.4, -0.2) is 14.1 Å². The van der Waals surface area contributed by atoms with Gasteiger partial charge in [0, 0.05) is 32.7 Å². The van der Waals surface area contributed by atoms with Gasteiger partial charge in [0.05, 0.1) is 47.1 Å². The Balaban J connectivity index is 1.10. The van der Waals surface area contributed by atoms with E-state index in [1.807, 2.05) is 83.4 Å². The number of hydrogen-bond donors (Lipinski definition) is 0. The van der Waals surface area contributed by atoms with E-state index >= 15 is 0 Å². The van der Waals surface area contributed by atoms with Crippen molar-refractivity contribution < 1.29 is 27.1 Å². The molecule has 0 spiro atoms. The molecule has 0 atom stereocenters. The van der Waals surface area contributed by atoms with Crippen molar-refractivity contribution in [3.05, 3.63) is 246 Å². The molecule has 0 bridgehead atoms. The quantitative estimate of drug-likeness (QED) is 0.107. The first kappa shape index (κ1) is 43.8. The van der Waals surface area contributed by atoms with Crippen LogP contribution in [0.1, 0.15) is 155 Å². The van der Waals surface area contributed by atoms with Gasteiger partial charge in [0.1, 0.15) is 17.3 Å². The molecule has 0 fully saturated rings. The summed E-state index contributed by atoms with van der Waals surface area (Å²) in [5.41, 5.74) is 12.1. The van der Waals surface area contributed by atoms with Gasteiger partial charge >= 0.3 is 0 Å². The van der Waals surface area contributed by atoms with E-state index in [2.05, 4.69) is 174 Å². The Morgan fingerprint density at radius 1 is 0.453 bits per heavy atom. The lowest BCUT2D eigenvalue weighted by atomic mass is 9.77. The lowest BCUT2D eigenvalue weighted by Gasteiger charge is -2.30. The Kier molecular flexibility index (Phi) is 10.8. The third-order valence-electron chi connectivity index (χ3n) is 16.4. The summed E-state index contributed by atoms with van der Waals surface area (Å²) in [5, 5.41) is 1.68. The standard InChI is InChI=1S/C81H82N4O/c1-52-38-75(82-50-69(52)54-28-21-18-22-29-54)85-71-33-24-23-32-66(71)67-36-35-65(49-73(67)85)86-64-31-25-30-63(48-64)83-51-84(72-37-34-55(45-74(72)83)56-39-59(77(2,3)4)46-60(40-56)78(5,6)7)76-68(58-41-61(79(8,9)10)47-62(42-58)80(11,12)13)43-57(44-70(76)81(14,15)16)53-26-19-17-20-27-53/h17-50H,1-16H3/i1D3,17D,18D,19D,20D,21D,22D,26D,27D,28D,29D. The van der Waals surface area contributed by atoms with Crippen molar-refractivity contribution in [3.8, 4) is 73.2 Å². The summed E-state index contributed by atoms with van der Waals surface area (Å²) in [7, 11) is 0. The third-order valence-corrected chi connectivity index (χ3v) is 16.4. The smallest absolute Gasteiger partial charge is 0.269 e. The molecular weight excluding hydrogens is 1040 g/mol. The number of imidazole rings is 1. The molecule has 9 aromatic carbocycles. The molecule has 0 unspecified atom stereocenters. The fraction of sp³-hybridized carbons (Fsp3) is 0.259. The van der Waals surface area contributed by atoms with Crippen LogP contribution in [0, 0.1) is 13.2 Å². The van der Waals surface area contributed by atoms with Crippen molar-refractivity contribution in [2.45, 2.75) is 138 Å². The molecule has 3 heterocycles. The van der Waals surface area contributed by atoms with E-state index in [0.29, 0.717) is 33.8 Å². The monoisotopic (exact) mass is 1140 g/mol. The maximum absolute atomic E-state index is 9.35. The van der Waals surface area contributed by atoms with Crippen molar-refractivity contribution >= 4 is 32.8 Å². The van der Waals surface area contributed by atoms with E-state index in [1.165, 1.54) is 23.4 Å². The van der Waals surface area contributed by atoms with Gasteiger partial charge in [0.15, 0.2) is 0 Å². The summed E-state index contributed by atoms with van der Waals surface area (Å²) in [5.74, 6) is 1.16. The topological polar surface area (TPSA) is 35.9 Å². The Morgan fingerprint density at radius 2 is 1.03 bits per heavy atom. The largest absolute Gasteiger partial charge is 0.458 e. The maximum Gasteiger partial charge on any atom is 0.269 e. The summed E-state index contributed by atoms with van der Waals surface area (Å²) in [4.78, 5) is 4.79. The highest BCUT2D eigenvalue weighted by atomic mass is 16.5. The molecule has 0 saturated heterocycles. The number of aromatic nitrogens is 4. The summed E-state index contributed by atoms with van der Waals surface area (Å²) in [6.07, 6.45) is 5.19. The second-order valence-corrected chi connectivity index (χ2v) is 28.0. The normalized spacial score (nSPS) is 14.9. The Bertz CT molecular complexity index is 5190. The summed E-state index contributed by atoms with van der Waals surface area (Å²) >= 11 is 0. The molecular formula is C81H82N4O. The minimum Gasteiger partial charge on any atom is -0.458 e. The van der Waals surface area contributed by atoms with Crippen LogP contribution >= 0.6 is 0 Å². The fourth-order valence-corrected chi connectivity index (χ4v) is 11.4. The zero-order valence-electron chi connectivity index (χ0n) is 65.1. The van der Waals surface area contributed by atoms with Gasteiger partial charge in [0.25, 0.3) is 6.33 Å². The van der Waals surface area contributed by atoms with E-state index in [1.54, 1.807) is 0 Å². The second kappa shape index (κ2) is 21.3. The molecule has 0 N–H and O–H groups in total. The molecule has 0 amide bonds. The Morgan fingerprint density at radius 3 is 1.65 bits per heavy atom. The predicted octanol–water partition coefficient (Wildman–Crippen LogP) is 21.5. The molecule has 0 aliphatic carbocycles. The number of nitrogens with zero attached hydrogens (tertiary/aromatic N) is 4. The average Bonchev–Trinajstić information content (AvgIpc) is 1.68. The zero-order chi connectivity index (χ0) is 72.0. The van der Waals surface area contributed by atoms with Gasteiger partial charge in [-0.25, -0.2) is 4.98 Å². The van der Waals surface area contributed by atoms with Gasteiger partial charge < -0.3 is 4.74 Å². The fourth-order valence-electron chi connectivity index (χ4n) is 11.4. The zero-order valence-corrected chi connectivity index (χ0v) is 52.1. The van der Waals surface area contributed by atoms with Crippen LogP contribution in [0.25, 0.3) is 94.5 Å². The molecule has 12 rings (SSSR count). The number of pyridine rings is 1. The number of ether oxygens (including phenoxy) is 1. The van der Waals surface area contributed by atoms with Gasteiger partial charge in [-0.1, -0.05) is 243 Å².